The summed E-state index contributed by atoms with van der Waals surface area (Å²) >= 11 is 0. The topological polar surface area (TPSA) is 51.0 Å². The van der Waals surface area contributed by atoms with Crippen LogP contribution in [0.25, 0.3) is 0 Å². The van der Waals surface area contributed by atoms with E-state index in [4.69, 9.17) is 4.42 Å². The molecule has 0 aliphatic heterocycles. The average molecular weight is 231 g/mol. The van der Waals surface area contributed by atoms with Crippen molar-refractivity contribution in [2.24, 2.45) is 0 Å². The fourth-order valence-corrected chi connectivity index (χ4v) is 1.51. The number of hydrogen-bond donors (Lipinski definition) is 1. The van der Waals surface area contributed by atoms with Crippen LogP contribution in [-0.4, -0.2) is 9.97 Å². The Balaban J connectivity index is 1.81. The van der Waals surface area contributed by atoms with Crippen LogP contribution in [0, 0.1) is 6.92 Å². The first-order chi connectivity index (χ1) is 8.28. The molecule has 90 valence electrons. The van der Waals surface area contributed by atoms with E-state index in [1.165, 1.54) is 0 Å². The summed E-state index contributed by atoms with van der Waals surface area (Å²) < 4.78 is 5.50. The van der Waals surface area contributed by atoms with E-state index in [-0.39, 0.29) is 0 Å². The summed E-state index contributed by atoms with van der Waals surface area (Å²) in [6, 6.07) is 4.08. The number of nitrogens with zero attached hydrogens (tertiary/aromatic N) is 2. The van der Waals surface area contributed by atoms with Gasteiger partial charge >= 0.3 is 0 Å². The zero-order chi connectivity index (χ0) is 12.1. The first-order valence-corrected chi connectivity index (χ1v) is 5.83. The van der Waals surface area contributed by atoms with E-state index < -0.39 is 0 Å². The molecule has 4 nitrogen and oxygen atoms in total. The number of pyridine rings is 1. The Morgan fingerprint density at radius 1 is 1.18 bits per heavy atom. The molecule has 2 aromatic heterocycles. The molecule has 17 heavy (non-hydrogen) atoms. The lowest BCUT2D eigenvalue weighted by Gasteiger charge is -2.02. The van der Waals surface area contributed by atoms with Gasteiger partial charge in [0.1, 0.15) is 5.76 Å². The highest BCUT2D eigenvalue weighted by Crippen LogP contribution is 2.04. The first kappa shape index (κ1) is 11.8. The van der Waals surface area contributed by atoms with Crippen LogP contribution in [0.3, 0.4) is 0 Å². The van der Waals surface area contributed by atoms with Gasteiger partial charge in [-0.2, -0.15) is 0 Å². The van der Waals surface area contributed by atoms with Crippen LogP contribution in [0.1, 0.15) is 29.8 Å². The van der Waals surface area contributed by atoms with Crippen molar-refractivity contribution in [2.75, 3.05) is 0 Å². The van der Waals surface area contributed by atoms with Gasteiger partial charge in [0, 0.05) is 24.9 Å². The minimum atomic E-state index is 0.647. The maximum atomic E-state index is 5.50. The van der Waals surface area contributed by atoms with Crippen LogP contribution in [0.15, 0.2) is 28.9 Å². The Hall–Kier alpha value is -1.68. The second kappa shape index (κ2) is 5.59. The predicted molar refractivity (Wildman–Crippen MR) is 65.4 cm³/mol. The first-order valence-electron chi connectivity index (χ1n) is 5.83. The average Bonchev–Trinajstić information content (AvgIpc) is 2.80. The molecular formula is C13H17N3O. The molecule has 1 N–H and O–H groups in total. The van der Waals surface area contributed by atoms with Crippen LogP contribution in [-0.2, 0) is 19.5 Å². The van der Waals surface area contributed by atoms with Gasteiger partial charge in [-0.15, -0.1) is 0 Å². The number of hydrogen-bond acceptors (Lipinski definition) is 4. The highest BCUT2D eigenvalue weighted by molar-refractivity contribution is 5.12. The lowest BCUT2D eigenvalue weighted by molar-refractivity contribution is 0.439. The fraction of sp³-hybridized carbons (Fsp3) is 0.385. The molecule has 0 bridgehead atoms. The molecule has 0 saturated heterocycles. The molecule has 0 radical (unpaired) electrons. The predicted octanol–water partition coefficient (Wildman–Crippen LogP) is 2.23. The fourth-order valence-electron chi connectivity index (χ4n) is 1.51. The Bertz CT molecular complexity index is 462. The summed E-state index contributed by atoms with van der Waals surface area (Å²) in [7, 11) is 0. The minimum Gasteiger partial charge on any atom is -0.444 e. The highest BCUT2D eigenvalue weighted by Gasteiger charge is 2.01. The molecule has 0 atom stereocenters. The van der Waals surface area contributed by atoms with Crippen molar-refractivity contribution in [1.82, 2.24) is 15.3 Å². The Labute approximate surface area is 101 Å². The van der Waals surface area contributed by atoms with E-state index in [9.17, 15) is 0 Å². The normalized spacial score (nSPS) is 10.7. The highest BCUT2D eigenvalue weighted by atomic mass is 16.4. The molecule has 2 aromatic rings. The van der Waals surface area contributed by atoms with Gasteiger partial charge in [-0.3, -0.25) is 4.98 Å². The van der Waals surface area contributed by atoms with Gasteiger partial charge in [-0.1, -0.05) is 13.0 Å². The molecule has 0 unspecified atom stereocenters. The zero-order valence-corrected chi connectivity index (χ0v) is 10.2. The largest absolute Gasteiger partial charge is 0.444 e. The van der Waals surface area contributed by atoms with Crippen LogP contribution >= 0.6 is 0 Å². The Kier molecular flexibility index (Phi) is 3.88. The van der Waals surface area contributed by atoms with Crippen molar-refractivity contribution in [2.45, 2.75) is 33.4 Å². The zero-order valence-electron chi connectivity index (χ0n) is 10.2. The second-order valence-corrected chi connectivity index (χ2v) is 3.99. The van der Waals surface area contributed by atoms with Crippen molar-refractivity contribution in [3.63, 3.8) is 0 Å². The van der Waals surface area contributed by atoms with Crippen molar-refractivity contribution in [1.29, 1.82) is 0 Å². The molecule has 0 saturated carbocycles. The smallest absolute Gasteiger partial charge is 0.208 e. The van der Waals surface area contributed by atoms with E-state index in [0.29, 0.717) is 6.54 Å². The third kappa shape index (κ3) is 3.39. The van der Waals surface area contributed by atoms with Gasteiger partial charge in [0.15, 0.2) is 0 Å². The summed E-state index contributed by atoms with van der Waals surface area (Å²) in [4.78, 5) is 8.43. The maximum Gasteiger partial charge on any atom is 0.208 e. The van der Waals surface area contributed by atoms with Gasteiger partial charge in [-0.05, 0) is 18.6 Å². The molecule has 0 amide bonds. The third-order valence-corrected chi connectivity index (χ3v) is 2.53. The summed E-state index contributed by atoms with van der Waals surface area (Å²) in [6.07, 6.45) is 4.55. The van der Waals surface area contributed by atoms with Crippen molar-refractivity contribution < 1.29 is 4.42 Å². The quantitative estimate of drug-likeness (QED) is 0.857. The lowest BCUT2D eigenvalue weighted by Crippen LogP contribution is -2.13. The molecule has 2 heterocycles. The molecule has 0 fully saturated rings. The standard InChI is InChI=1S/C13H17N3O/c1-3-12-8-16-13(17-12)9-14-6-11-5-4-10(2)15-7-11/h4-5,7-8,14H,3,6,9H2,1-2H3. The Morgan fingerprint density at radius 2 is 2.06 bits per heavy atom. The monoisotopic (exact) mass is 231 g/mol. The molecule has 0 aromatic carbocycles. The molecule has 4 heteroatoms. The van der Waals surface area contributed by atoms with Gasteiger partial charge in [0.05, 0.1) is 12.7 Å². The van der Waals surface area contributed by atoms with Gasteiger partial charge < -0.3 is 9.73 Å². The van der Waals surface area contributed by atoms with Gasteiger partial charge in [0.25, 0.3) is 0 Å². The summed E-state index contributed by atoms with van der Waals surface area (Å²) in [5.41, 5.74) is 2.20. The Morgan fingerprint density at radius 3 is 2.71 bits per heavy atom. The SMILES string of the molecule is CCc1cnc(CNCc2ccc(C)nc2)o1. The van der Waals surface area contributed by atoms with Gasteiger partial charge in [0.2, 0.25) is 5.89 Å². The van der Waals surface area contributed by atoms with Crippen LogP contribution < -0.4 is 5.32 Å². The van der Waals surface area contributed by atoms with Crippen LogP contribution in [0.2, 0.25) is 0 Å². The van der Waals surface area contributed by atoms with Crippen molar-refractivity contribution >= 4 is 0 Å². The third-order valence-electron chi connectivity index (χ3n) is 2.53. The second-order valence-electron chi connectivity index (χ2n) is 3.99. The molecule has 2 rings (SSSR count). The van der Waals surface area contributed by atoms with E-state index in [2.05, 4.69) is 28.3 Å². The summed E-state index contributed by atoms with van der Waals surface area (Å²) in [5.74, 6) is 1.67. The number of nitrogens with one attached hydrogen (secondary N) is 1. The minimum absolute atomic E-state index is 0.647. The maximum absolute atomic E-state index is 5.50. The number of oxazole rings is 1. The van der Waals surface area contributed by atoms with Crippen molar-refractivity contribution in [3.05, 3.63) is 47.4 Å². The number of aromatic nitrogens is 2. The van der Waals surface area contributed by atoms with Crippen LogP contribution in [0.5, 0.6) is 0 Å². The van der Waals surface area contributed by atoms with E-state index >= 15 is 0 Å². The molecule has 0 spiro atoms. The van der Waals surface area contributed by atoms with E-state index in [1.807, 2.05) is 19.2 Å². The van der Waals surface area contributed by atoms with Gasteiger partial charge in [-0.25, -0.2) is 4.98 Å². The lowest BCUT2D eigenvalue weighted by atomic mass is 10.2. The molecular weight excluding hydrogens is 214 g/mol. The van der Waals surface area contributed by atoms with E-state index in [1.54, 1.807) is 6.20 Å². The number of rotatable bonds is 5. The summed E-state index contributed by atoms with van der Waals surface area (Å²) in [5, 5.41) is 3.28. The van der Waals surface area contributed by atoms with E-state index in [0.717, 1.165) is 35.9 Å². The van der Waals surface area contributed by atoms with Crippen molar-refractivity contribution in [3.8, 4) is 0 Å². The van der Waals surface area contributed by atoms with Crippen LogP contribution in [0.4, 0.5) is 0 Å². The number of aryl methyl sites for hydroxylation is 2. The molecule has 0 aliphatic carbocycles. The molecule has 0 aliphatic rings. The summed E-state index contributed by atoms with van der Waals surface area (Å²) in [6.45, 7) is 5.46.